The second-order valence-electron chi connectivity index (χ2n) is 9.46. The predicted octanol–water partition coefficient (Wildman–Crippen LogP) is -1.01. The van der Waals surface area contributed by atoms with Gasteiger partial charge in [0.1, 0.15) is 22.8 Å². The third-order valence-corrected chi connectivity index (χ3v) is 7.39. The van der Waals surface area contributed by atoms with Gasteiger partial charge in [-0.2, -0.15) is 0 Å². The molecular formula is C23H26N4O9. The van der Waals surface area contributed by atoms with Gasteiger partial charge >= 0.3 is 6.03 Å². The summed E-state index contributed by atoms with van der Waals surface area (Å²) in [7, 11) is 2.85. The lowest BCUT2D eigenvalue weighted by atomic mass is 9.54. The van der Waals surface area contributed by atoms with E-state index in [9.17, 15) is 44.7 Å². The first-order chi connectivity index (χ1) is 16.7. The molecule has 4 rings (SSSR count). The maximum atomic E-state index is 13.8. The molecule has 10 N–H and O–H groups in total. The number of nitrogens with zero attached hydrogens (tertiary/aromatic N) is 1. The maximum Gasteiger partial charge on any atom is 0.316 e. The molecule has 36 heavy (non-hydrogen) atoms. The SMILES string of the molecule is C[C@H]1c2ccc(NC(N)=O)c(O)c2C(O)=C2C(=O)[C@]3(O)C(O)=C(C(N)=O)C(=O)[C@@H](N(C)C)[C@@H]3[C@@H](O)[C@@H]21. The average molecular weight is 502 g/mol. The number of aliphatic hydroxyl groups is 4. The van der Waals surface area contributed by atoms with Crippen LogP contribution in [-0.4, -0.2) is 85.8 Å². The number of rotatable bonds is 3. The van der Waals surface area contributed by atoms with Crippen molar-refractivity contribution >= 4 is 35.0 Å². The van der Waals surface area contributed by atoms with E-state index in [1.54, 1.807) is 6.92 Å². The van der Waals surface area contributed by atoms with Crippen LogP contribution in [-0.2, 0) is 14.4 Å². The van der Waals surface area contributed by atoms with Gasteiger partial charge in [0.15, 0.2) is 11.4 Å². The summed E-state index contributed by atoms with van der Waals surface area (Å²) in [5.74, 6) is -9.98. The van der Waals surface area contributed by atoms with E-state index < -0.39 is 87.4 Å². The number of phenolic OH excluding ortho intramolecular Hbond substituents is 1. The molecule has 0 radical (unpaired) electrons. The number of Topliss-reactive ketones (excluding diaryl/α,β-unsaturated/α-hetero) is 2. The molecule has 192 valence electrons. The second kappa shape index (κ2) is 8.05. The molecule has 13 heteroatoms. The number of aliphatic hydroxyl groups excluding tert-OH is 3. The number of fused-ring (bicyclic) bond motifs is 3. The Kier molecular flexibility index (Phi) is 5.62. The van der Waals surface area contributed by atoms with Gasteiger partial charge in [-0.3, -0.25) is 19.3 Å². The zero-order valence-electron chi connectivity index (χ0n) is 19.5. The average Bonchev–Trinajstić information content (AvgIpc) is 2.77. The molecule has 0 bridgehead atoms. The van der Waals surface area contributed by atoms with E-state index in [0.29, 0.717) is 5.56 Å². The van der Waals surface area contributed by atoms with Crippen molar-refractivity contribution in [3.63, 3.8) is 0 Å². The second-order valence-corrected chi connectivity index (χ2v) is 9.46. The number of phenols is 1. The van der Waals surface area contributed by atoms with Gasteiger partial charge in [-0.05, 0) is 31.6 Å². The number of likely N-dealkylation sites (N-methyl/N-ethyl adjacent to an activating group) is 1. The number of carbonyl (C=O) groups is 4. The third-order valence-electron chi connectivity index (χ3n) is 7.39. The third kappa shape index (κ3) is 3.06. The van der Waals surface area contributed by atoms with Gasteiger partial charge in [0, 0.05) is 11.5 Å². The Bertz CT molecular complexity index is 1300. The molecule has 1 aromatic rings. The maximum absolute atomic E-state index is 13.8. The van der Waals surface area contributed by atoms with E-state index in [0.717, 1.165) is 0 Å². The van der Waals surface area contributed by atoms with E-state index in [4.69, 9.17) is 11.5 Å². The summed E-state index contributed by atoms with van der Waals surface area (Å²) >= 11 is 0. The highest BCUT2D eigenvalue weighted by atomic mass is 16.4. The summed E-state index contributed by atoms with van der Waals surface area (Å²) in [6.45, 7) is 1.59. The minimum Gasteiger partial charge on any atom is -0.508 e. The largest absolute Gasteiger partial charge is 0.508 e. The molecule has 1 saturated carbocycles. The standard InChI is InChI=1S/C23H26N4O9/c1-6-7-4-5-8(26-22(25)35)15(28)10(7)16(29)11-9(6)17(30)13-14(27(2)3)18(31)12(21(24)34)20(33)23(13,36)19(11)32/h4-6,9,13-14,17,28-30,33,36H,1-3H3,(H2,24,34)(H3,25,26,35)/t6-,9+,13+,14-,17-,23-/m0/s1. The number of hydrogen-bond donors (Lipinski definition) is 8. The van der Waals surface area contributed by atoms with Crippen LogP contribution in [0.4, 0.5) is 10.5 Å². The number of anilines is 1. The number of hydrogen-bond acceptors (Lipinski definition) is 10. The summed E-state index contributed by atoms with van der Waals surface area (Å²) in [6.07, 6.45) is -1.69. The Balaban J connectivity index is 2.04. The van der Waals surface area contributed by atoms with Crippen LogP contribution < -0.4 is 16.8 Å². The molecule has 1 aromatic carbocycles. The number of primary amides is 2. The fourth-order valence-corrected chi connectivity index (χ4v) is 5.85. The number of aromatic hydroxyl groups is 1. The molecule has 13 nitrogen and oxygen atoms in total. The van der Waals surface area contributed by atoms with Crippen molar-refractivity contribution in [2.24, 2.45) is 23.3 Å². The molecule has 1 fully saturated rings. The van der Waals surface area contributed by atoms with Crippen molar-refractivity contribution in [3.05, 3.63) is 40.2 Å². The molecule has 6 atom stereocenters. The Morgan fingerprint density at radius 3 is 2.25 bits per heavy atom. The molecule has 3 aliphatic rings. The number of nitrogens with two attached hydrogens (primary N) is 2. The number of carbonyl (C=O) groups excluding carboxylic acids is 4. The topological polar surface area (TPSA) is 237 Å². The molecule has 0 spiro atoms. The van der Waals surface area contributed by atoms with Gasteiger partial charge in [-0.25, -0.2) is 4.79 Å². The normalized spacial score (nSPS) is 31.7. The highest BCUT2D eigenvalue weighted by molar-refractivity contribution is 6.24. The van der Waals surface area contributed by atoms with Crippen molar-refractivity contribution in [2.45, 2.75) is 30.6 Å². The smallest absolute Gasteiger partial charge is 0.316 e. The lowest BCUT2D eigenvalue weighted by molar-refractivity contribution is -0.169. The Hall–Kier alpha value is -3.94. The van der Waals surface area contributed by atoms with Gasteiger partial charge < -0.3 is 42.3 Å². The van der Waals surface area contributed by atoms with Crippen LogP contribution in [0, 0.1) is 11.8 Å². The van der Waals surface area contributed by atoms with Crippen LogP contribution in [0.3, 0.4) is 0 Å². The highest BCUT2D eigenvalue weighted by Crippen LogP contribution is 2.56. The van der Waals surface area contributed by atoms with Crippen LogP contribution in [0.2, 0.25) is 0 Å². The molecular weight excluding hydrogens is 476 g/mol. The molecule has 0 saturated heterocycles. The summed E-state index contributed by atoms with van der Waals surface area (Å²) in [6, 6.07) is 0.339. The minimum absolute atomic E-state index is 0.172. The Morgan fingerprint density at radius 2 is 1.72 bits per heavy atom. The summed E-state index contributed by atoms with van der Waals surface area (Å²) in [5.41, 5.74) is 5.73. The van der Waals surface area contributed by atoms with E-state index in [-0.39, 0.29) is 11.3 Å². The van der Waals surface area contributed by atoms with Crippen LogP contribution in [0.15, 0.2) is 29.0 Å². The number of urea groups is 1. The summed E-state index contributed by atoms with van der Waals surface area (Å²) in [4.78, 5) is 51.5. The van der Waals surface area contributed by atoms with Crippen molar-refractivity contribution in [3.8, 4) is 5.75 Å². The molecule has 3 amide bonds. The summed E-state index contributed by atoms with van der Waals surface area (Å²) in [5, 5.41) is 58.0. The first kappa shape index (κ1) is 25.2. The fourth-order valence-electron chi connectivity index (χ4n) is 5.85. The molecule has 0 aromatic heterocycles. The molecule has 3 aliphatic carbocycles. The van der Waals surface area contributed by atoms with Gasteiger partial charge in [-0.15, -0.1) is 0 Å². The number of amides is 3. The van der Waals surface area contributed by atoms with E-state index in [2.05, 4.69) is 5.32 Å². The van der Waals surface area contributed by atoms with Gasteiger partial charge in [0.05, 0.1) is 29.3 Å². The van der Waals surface area contributed by atoms with Crippen molar-refractivity contribution in [2.75, 3.05) is 19.4 Å². The molecule has 0 unspecified atom stereocenters. The Morgan fingerprint density at radius 1 is 1.11 bits per heavy atom. The zero-order chi connectivity index (χ0) is 27.0. The van der Waals surface area contributed by atoms with E-state index in [1.165, 1.54) is 31.1 Å². The van der Waals surface area contributed by atoms with Gasteiger partial charge in [0.25, 0.3) is 5.91 Å². The minimum atomic E-state index is -3.00. The van der Waals surface area contributed by atoms with Crippen LogP contribution in [0.5, 0.6) is 5.75 Å². The lowest BCUT2D eigenvalue weighted by Gasteiger charge is -2.53. The quantitative estimate of drug-likeness (QED) is 0.185. The van der Waals surface area contributed by atoms with Gasteiger partial charge in [0.2, 0.25) is 5.78 Å². The van der Waals surface area contributed by atoms with Crippen LogP contribution >= 0.6 is 0 Å². The van der Waals surface area contributed by atoms with Crippen LogP contribution in [0.25, 0.3) is 5.76 Å². The Labute approximate surface area is 204 Å². The first-order valence-corrected chi connectivity index (χ1v) is 10.9. The van der Waals surface area contributed by atoms with Crippen LogP contribution in [0.1, 0.15) is 24.0 Å². The summed E-state index contributed by atoms with van der Waals surface area (Å²) < 4.78 is 0. The number of benzene rings is 1. The van der Waals surface area contributed by atoms with Crippen molar-refractivity contribution < 1.29 is 44.7 Å². The first-order valence-electron chi connectivity index (χ1n) is 10.9. The molecule has 0 aliphatic heterocycles. The monoisotopic (exact) mass is 502 g/mol. The van der Waals surface area contributed by atoms with E-state index >= 15 is 0 Å². The van der Waals surface area contributed by atoms with E-state index in [1.807, 2.05) is 0 Å². The van der Waals surface area contributed by atoms with Crippen molar-refractivity contribution in [1.82, 2.24) is 4.90 Å². The van der Waals surface area contributed by atoms with Gasteiger partial charge in [-0.1, -0.05) is 13.0 Å². The predicted molar refractivity (Wildman–Crippen MR) is 124 cm³/mol. The number of ketones is 2. The van der Waals surface area contributed by atoms with Crippen molar-refractivity contribution in [1.29, 1.82) is 0 Å². The fraction of sp³-hybridized carbons (Fsp3) is 0.391. The highest BCUT2D eigenvalue weighted by Gasteiger charge is 2.68. The number of nitrogens with one attached hydrogen (secondary N) is 1. The molecule has 0 heterocycles. The lowest BCUT2D eigenvalue weighted by Crippen LogP contribution is -2.70. The zero-order valence-corrected chi connectivity index (χ0v) is 19.5.